The summed E-state index contributed by atoms with van der Waals surface area (Å²) in [5.74, 6) is -0.549. The Kier molecular flexibility index (Phi) is 5.03. The Morgan fingerprint density at radius 3 is 2.52 bits per heavy atom. The highest BCUT2D eigenvalue weighted by Gasteiger charge is 2.22. The highest BCUT2D eigenvalue weighted by molar-refractivity contribution is 6.47. The number of nitrogens with zero attached hydrogens (tertiary/aromatic N) is 3. The molecule has 0 aliphatic rings. The third kappa shape index (κ3) is 3.84. The predicted octanol–water partition coefficient (Wildman–Crippen LogP) is 3.15. The number of anilines is 1. The maximum atomic E-state index is 12.8. The number of rotatable bonds is 6. The van der Waals surface area contributed by atoms with E-state index in [4.69, 9.17) is 4.74 Å². The van der Waals surface area contributed by atoms with Gasteiger partial charge in [-0.25, -0.2) is 4.52 Å². The number of Topliss-reactive ketones (excluding diaryl/α,β-unsaturated/α-hetero) is 1. The lowest BCUT2D eigenvalue weighted by Gasteiger charge is -2.04. The molecule has 0 unspecified atom stereocenters. The van der Waals surface area contributed by atoms with Gasteiger partial charge in [-0.3, -0.25) is 14.6 Å². The number of carbonyl (C=O) groups is 2. The summed E-state index contributed by atoms with van der Waals surface area (Å²) in [6.07, 6.45) is 5.30. The largest absolute Gasteiger partial charge is 0.497 e. The molecule has 0 aliphatic heterocycles. The molecule has 0 radical (unpaired) electrons. The average Bonchev–Trinajstić information content (AvgIpc) is 3.13. The van der Waals surface area contributed by atoms with Crippen LogP contribution in [0.1, 0.15) is 21.6 Å². The zero-order valence-corrected chi connectivity index (χ0v) is 15.7. The van der Waals surface area contributed by atoms with Crippen LogP contribution in [-0.2, 0) is 11.2 Å². The lowest BCUT2D eigenvalue weighted by atomic mass is 10.1. The topological polar surface area (TPSA) is 85.6 Å². The van der Waals surface area contributed by atoms with Gasteiger partial charge in [0.25, 0.3) is 11.7 Å². The minimum absolute atomic E-state index is 0.313. The number of pyridine rings is 1. The van der Waals surface area contributed by atoms with Gasteiger partial charge in [0.1, 0.15) is 5.75 Å². The molecule has 7 heteroatoms. The van der Waals surface area contributed by atoms with E-state index in [0.29, 0.717) is 23.2 Å². The number of aromatic nitrogens is 3. The van der Waals surface area contributed by atoms with E-state index in [9.17, 15) is 9.59 Å². The summed E-state index contributed by atoms with van der Waals surface area (Å²) in [5.41, 5.74) is 3.26. The normalized spacial score (nSPS) is 10.7. The number of ketones is 1. The van der Waals surface area contributed by atoms with Crippen molar-refractivity contribution in [3.63, 3.8) is 0 Å². The molecule has 0 atom stereocenters. The maximum absolute atomic E-state index is 12.8. The number of ether oxygens (including phenoxy) is 1. The molecule has 0 aliphatic carbocycles. The Bertz CT molecular complexity index is 1170. The fraction of sp³-hybridized carbons (Fsp3) is 0.0909. The predicted molar refractivity (Wildman–Crippen MR) is 108 cm³/mol. The van der Waals surface area contributed by atoms with Gasteiger partial charge in [-0.2, -0.15) is 5.10 Å². The first kappa shape index (κ1) is 18.4. The van der Waals surface area contributed by atoms with Crippen molar-refractivity contribution in [2.24, 2.45) is 0 Å². The SMILES string of the molecule is COc1ccc(Cc2cc(C(=O)C(=O)Nc3ccncc3)c3cccnn23)cc1. The van der Waals surface area contributed by atoms with Gasteiger partial charge in [-0.15, -0.1) is 0 Å². The van der Waals surface area contributed by atoms with Gasteiger partial charge in [0.2, 0.25) is 0 Å². The zero-order valence-electron chi connectivity index (χ0n) is 15.7. The molecule has 144 valence electrons. The molecular weight excluding hydrogens is 368 g/mol. The summed E-state index contributed by atoms with van der Waals surface area (Å²) in [5, 5.41) is 6.96. The van der Waals surface area contributed by atoms with E-state index in [-0.39, 0.29) is 0 Å². The minimum Gasteiger partial charge on any atom is -0.497 e. The van der Waals surface area contributed by atoms with Gasteiger partial charge in [0.15, 0.2) is 0 Å². The number of fused-ring (bicyclic) bond motifs is 1. The van der Waals surface area contributed by atoms with E-state index in [2.05, 4.69) is 15.4 Å². The highest BCUT2D eigenvalue weighted by Crippen LogP contribution is 2.21. The number of nitrogens with one attached hydrogen (secondary N) is 1. The van der Waals surface area contributed by atoms with Crippen molar-refractivity contribution in [3.05, 3.63) is 90.0 Å². The molecule has 0 bridgehead atoms. The van der Waals surface area contributed by atoms with Gasteiger partial charge in [0.05, 0.1) is 18.2 Å². The van der Waals surface area contributed by atoms with Crippen LogP contribution in [0.3, 0.4) is 0 Å². The van der Waals surface area contributed by atoms with E-state index >= 15 is 0 Å². The Hall–Kier alpha value is -4.00. The molecule has 0 saturated heterocycles. The molecule has 1 aromatic carbocycles. The van der Waals surface area contributed by atoms with Crippen molar-refractivity contribution >= 4 is 22.9 Å². The Morgan fingerprint density at radius 1 is 1.03 bits per heavy atom. The second-order valence-electron chi connectivity index (χ2n) is 6.41. The molecule has 1 N–H and O–H groups in total. The van der Waals surface area contributed by atoms with Crippen LogP contribution in [0.5, 0.6) is 5.75 Å². The molecule has 7 nitrogen and oxygen atoms in total. The Morgan fingerprint density at radius 2 is 1.79 bits per heavy atom. The first-order valence-corrected chi connectivity index (χ1v) is 9.00. The summed E-state index contributed by atoms with van der Waals surface area (Å²) in [6, 6.07) is 16.2. The second kappa shape index (κ2) is 7.93. The van der Waals surface area contributed by atoms with E-state index < -0.39 is 11.7 Å². The van der Waals surface area contributed by atoms with Crippen LogP contribution in [-0.4, -0.2) is 33.4 Å². The number of carbonyl (C=O) groups excluding carboxylic acids is 2. The summed E-state index contributed by atoms with van der Waals surface area (Å²) in [7, 11) is 1.62. The third-order valence-electron chi connectivity index (χ3n) is 4.54. The monoisotopic (exact) mass is 386 g/mol. The Labute approximate surface area is 167 Å². The number of benzene rings is 1. The molecule has 0 spiro atoms. The lowest BCUT2D eigenvalue weighted by molar-refractivity contribution is -0.112. The fourth-order valence-corrected chi connectivity index (χ4v) is 3.11. The number of hydrogen-bond donors (Lipinski definition) is 1. The van der Waals surface area contributed by atoms with E-state index in [0.717, 1.165) is 17.0 Å². The number of hydrogen-bond acceptors (Lipinski definition) is 5. The summed E-state index contributed by atoms with van der Waals surface area (Å²) >= 11 is 0. The molecule has 4 rings (SSSR count). The second-order valence-corrected chi connectivity index (χ2v) is 6.41. The lowest BCUT2D eigenvalue weighted by Crippen LogP contribution is -2.22. The van der Waals surface area contributed by atoms with Crippen LogP contribution in [0.25, 0.3) is 5.52 Å². The summed E-state index contributed by atoms with van der Waals surface area (Å²) in [4.78, 5) is 29.2. The van der Waals surface area contributed by atoms with Crippen LogP contribution in [0.2, 0.25) is 0 Å². The molecule has 4 aromatic rings. The first-order valence-electron chi connectivity index (χ1n) is 9.00. The van der Waals surface area contributed by atoms with Gasteiger partial charge in [-0.05, 0) is 48.0 Å². The summed E-state index contributed by atoms with van der Waals surface area (Å²) in [6.45, 7) is 0. The smallest absolute Gasteiger partial charge is 0.296 e. The molecule has 0 saturated carbocycles. The van der Waals surface area contributed by atoms with Crippen molar-refractivity contribution in [1.82, 2.24) is 14.6 Å². The number of amides is 1. The molecular formula is C22H18N4O3. The van der Waals surface area contributed by atoms with Crippen LogP contribution in [0.15, 0.2) is 73.2 Å². The molecule has 1 amide bonds. The van der Waals surface area contributed by atoms with E-state index in [1.165, 1.54) is 0 Å². The summed E-state index contributed by atoms with van der Waals surface area (Å²) < 4.78 is 6.88. The number of methoxy groups -OCH3 is 1. The average molecular weight is 386 g/mol. The van der Waals surface area contributed by atoms with Crippen molar-refractivity contribution in [2.45, 2.75) is 6.42 Å². The van der Waals surface area contributed by atoms with Gasteiger partial charge < -0.3 is 10.1 Å². The van der Waals surface area contributed by atoms with Crippen LogP contribution < -0.4 is 10.1 Å². The zero-order chi connectivity index (χ0) is 20.2. The molecule has 29 heavy (non-hydrogen) atoms. The van der Waals surface area contributed by atoms with Gasteiger partial charge >= 0.3 is 0 Å². The van der Waals surface area contributed by atoms with Crippen LogP contribution in [0, 0.1) is 0 Å². The van der Waals surface area contributed by atoms with Gasteiger partial charge in [0, 0.05) is 36.4 Å². The van der Waals surface area contributed by atoms with Gasteiger partial charge in [-0.1, -0.05) is 12.1 Å². The fourth-order valence-electron chi connectivity index (χ4n) is 3.11. The molecule has 3 aromatic heterocycles. The van der Waals surface area contributed by atoms with Crippen LogP contribution >= 0.6 is 0 Å². The van der Waals surface area contributed by atoms with E-state index in [1.54, 1.807) is 60.5 Å². The quantitative estimate of drug-likeness (QED) is 0.406. The van der Waals surface area contributed by atoms with Crippen molar-refractivity contribution < 1.29 is 14.3 Å². The van der Waals surface area contributed by atoms with Crippen molar-refractivity contribution in [2.75, 3.05) is 12.4 Å². The standard InChI is InChI=1S/C22H18N4O3/c1-29-18-6-4-15(5-7-18)13-17-14-19(20-3-2-10-24-26(17)20)21(27)22(28)25-16-8-11-23-12-9-16/h2-12,14H,13H2,1H3,(H,23,25,28). The van der Waals surface area contributed by atoms with Crippen LogP contribution in [0.4, 0.5) is 5.69 Å². The Balaban J connectivity index is 1.64. The highest BCUT2D eigenvalue weighted by atomic mass is 16.5. The van der Waals surface area contributed by atoms with Crippen molar-refractivity contribution in [3.8, 4) is 5.75 Å². The minimum atomic E-state index is -0.705. The molecule has 3 heterocycles. The maximum Gasteiger partial charge on any atom is 0.296 e. The first-order chi connectivity index (χ1) is 14.2. The molecule has 0 fully saturated rings. The van der Waals surface area contributed by atoms with E-state index in [1.807, 2.05) is 24.3 Å². The third-order valence-corrected chi connectivity index (χ3v) is 4.54. The van der Waals surface area contributed by atoms with Crippen molar-refractivity contribution in [1.29, 1.82) is 0 Å².